The van der Waals surface area contributed by atoms with Crippen LogP contribution in [-0.4, -0.2) is 12.1 Å². The molecule has 2 heteroatoms. The lowest BCUT2D eigenvalue weighted by molar-refractivity contribution is -0.146. The second-order valence-electron chi connectivity index (χ2n) is 3.71. The zero-order chi connectivity index (χ0) is 11.8. The quantitative estimate of drug-likeness (QED) is 0.708. The van der Waals surface area contributed by atoms with Gasteiger partial charge in [0.15, 0.2) is 0 Å². The minimum Gasteiger partial charge on any atom is -0.458 e. The van der Waals surface area contributed by atoms with Crippen LogP contribution in [0.5, 0.6) is 0 Å². The molecule has 0 aliphatic heterocycles. The van der Waals surface area contributed by atoms with E-state index >= 15 is 0 Å². The Balaban J connectivity index is 2.42. The van der Waals surface area contributed by atoms with E-state index in [0.717, 1.165) is 12.0 Å². The van der Waals surface area contributed by atoms with Crippen molar-refractivity contribution in [1.29, 1.82) is 0 Å². The summed E-state index contributed by atoms with van der Waals surface area (Å²) in [6.45, 7) is 3.83. The van der Waals surface area contributed by atoms with Gasteiger partial charge < -0.3 is 4.74 Å². The summed E-state index contributed by atoms with van der Waals surface area (Å²) < 4.78 is 5.19. The van der Waals surface area contributed by atoms with Crippen LogP contribution in [0.2, 0.25) is 0 Å². The number of hydrogen-bond donors (Lipinski definition) is 0. The first-order valence-electron chi connectivity index (χ1n) is 5.65. The van der Waals surface area contributed by atoms with Crippen LogP contribution in [-0.2, 0) is 9.53 Å². The summed E-state index contributed by atoms with van der Waals surface area (Å²) in [6, 6.07) is 9.96. The van der Waals surface area contributed by atoms with Gasteiger partial charge in [-0.3, -0.25) is 4.79 Å². The van der Waals surface area contributed by atoms with Gasteiger partial charge in [0.1, 0.15) is 6.10 Å². The van der Waals surface area contributed by atoms with Gasteiger partial charge in [-0.15, -0.1) is 0 Å². The van der Waals surface area contributed by atoms with Crippen molar-refractivity contribution >= 4 is 12.0 Å². The van der Waals surface area contributed by atoms with Crippen LogP contribution in [0.4, 0.5) is 0 Å². The first kappa shape index (κ1) is 12.5. The van der Waals surface area contributed by atoms with Crippen molar-refractivity contribution in [1.82, 2.24) is 0 Å². The molecule has 0 radical (unpaired) electrons. The predicted molar refractivity (Wildman–Crippen MR) is 65.9 cm³/mol. The second kappa shape index (κ2) is 6.83. The minimum absolute atomic E-state index is 0.132. The van der Waals surface area contributed by atoms with Gasteiger partial charge in [-0.2, -0.15) is 0 Å². The number of hydrogen-bond acceptors (Lipinski definition) is 2. The Kier molecular flexibility index (Phi) is 5.34. The molecule has 0 unspecified atom stereocenters. The fourth-order valence-electron chi connectivity index (χ4n) is 1.32. The zero-order valence-electron chi connectivity index (χ0n) is 9.85. The van der Waals surface area contributed by atoms with E-state index in [1.165, 1.54) is 0 Å². The fraction of sp³-hybridized carbons (Fsp3) is 0.357. The lowest BCUT2D eigenvalue weighted by atomic mass is 10.2. The van der Waals surface area contributed by atoms with Crippen LogP contribution in [0, 0.1) is 0 Å². The largest absolute Gasteiger partial charge is 0.458 e. The highest BCUT2D eigenvalue weighted by molar-refractivity contribution is 5.69. The Morgan fingerprint density at radius 2 is 2.06 bits per heavy atom. The van der Waals surface area contributed by atoms with E-state index in [2.05, 4.69) is 0 Å². The molecule has 0 amide bonds. The van der Waals surface area contributed by atoms with Crippen LogP contribution in [0.15, 0.2) is 36.4 Å². The highest BCUT2D eigenvalue weighted by Crippen LogP contribution is 2.04. The molecule has 1 aromatic carbocycles. The van der Waals surface area contributed by atoms with Crippen molar-refractivity contribution in [2.75, 3.05) is 0 Å². The SMILES string of the molecule is CCCC(=O)O[C@H](C)/C=C/c1ccccc1. The van der Waals surface area contributed by atoms with Gasteiger partial charge in [-0.1, -0.05) is 43.3 Å². The average molecular weight is 218 g/mol. The normalized spacial score (nSPS) is 12.6. The zero-order valence-corrected chi connectivity index (χ0v) is 9.85. The number of rotatable bonds is 5. The predicted octanol–water partition coefficient (Wildman–Crippen LogP) is 3.43. The summed E-state index contributed by atoms with van der Waals surface area (Å²) >= 11 is 0. The maximum absolute atomic E-state index is 11.2. The number of carbonyl (C=O) groups excluding carboxylic acids is 1. The van der Waals surface area contributed by atoms with Gasteiger partial charge in [0.25, 0.3) is 0 Å². The van der Waals surface area contributed by atoms with Crippen LogP contribution in [0.25, 0.3) is 6.08 Å². The number of carbonyl (C=O) groups is 1. The highest BCUT2D eigenvalue weighted by Gasteiger charge is 2.04. The molecule has 0 aromatic heterocycles. The van der Waals surface area contributed by atoms with Crippen molar-refractivity contribution in [3.05, 3.63) is 42.0 Å². The molecule has 0 fully saturated rings. The topological polar surface area (TPSA) is 26.3 Å². The van der Waals surface area contributed by atoms with Crippen molar-refractivity contribution in [3.63, 3.8) is 0 Å². The first-order chi connectivity index (χ1) is 7.72. The molecule has 0 saturated heterocycles. The summed E-state index contributed by atoms with van der Waals surface area (Å²) in [5.41, 5.74) is 1.11. The average Bonchev–Trinajstić information content (AvgIpc) is 2.28. The van der Waals surface area contributed by atoms with E-state index in [9.17, 15) is 4.79 Å². The number of esters is 1. The van der Waals surface area contributed by atoms with Gasteiger partial charge in [0.05, 0.1) is 0 Å². The lowest BCUT2D eigenvalue weighted by Crippen LogP contribution is -2.11. The molecular formula is C14H18O2. The van der Waals surface area contributed by atoms with Gasteiger partial charge in [0, 0.05) is 6.42 Å². The van der Waals surface area contributed by atoms with E-state index in [1.54, 1.807) is 0 Å². The summed E-state index contributed by atoms with van der Waals surface area (Å²) in [4.78, 5) is 11.2. The Hall–Kier alpha value is -1.57. The third kappa shape index (κ3) is 4.78. The van der Waals surface area contributed by atoms with Crippen molar-refractivity contribution < 1.29 is 9.53 Å². The van der Waals surface area contributed by atoms with Gasteiger partial charge in [0.2, 0.25) is 0 Å². The summed E-state index contributed by atoms with van der Waals surface area (Å²) in [5.74, 6) is -0.132. The Labute approximate surface area is 96.9 Å². The molecule has 0 heterocycles. The van der Waals surface area contributed by atoms with Crippen LogP contribution >= 0.6 is 0 Å². The maximum Gasteiger partial charge on any atom is 0.306 e. The Morgan fingerprint density at radius 3 is 2.69 bits per heavy atom. The molecule has 16 heavy (non-hydrogen) atoms. The Morgan fingerprint density at radius 1 is 1.38 bits per heavy atom. The van der Waals surface area contributed by atoms with E-state index in [-0.39, 0.29) is 12.1 Å². The lowest BCUT2D eigenvalue weighted by Gasteiger charge is -2.08. The minimum atomic E-state index is -0.167. The maximum atomic E-state index is 11.2. The molecular weight excluding hydrogens is 200 g/mol. The van der Waals surface area contributed by atoms with E-state index in [1.807, 2.05) is 56.3 Å². The summed E-state index contributed by atoms with van der Waals surface area (Å²) in [6.07, 6.45) is 5.00. The first-order valence-corrected chi connectivity index (χ1v) is 5.65. The third-order valence-corrected chi connectivity index (χ3v) is 2.13. The molecule has 0 aliphatic carbocycles. The van der Waals surface area contributed by atoms with Crippen LogP contribution in [0.1, 0.15) is 32.3 Å². The van der Waals surface area contributed by atoms with Crippen LogP contribution < -0.4 is 0 Å². The molecule has 0 N–H and O–H groups in total. The molecule has 0 saturated carbocycles. The molecule has 86 valence electrons. The Bertz CT molecular complexity index is 341. The van der Waals surface area contributed by atoms with E-state index in [0.29, 0.717) is 6.42 Å². The smallest absolute Gasteiger partial charge is 0.306 e. The third-order valence-electron chi connectivity index (χ3n) is 2.13. The van der Waals surface area contributed by atoms with E-state index in [4.69, 9.17) is 4.74 Å². The standard InChI is InChI=1S/C14H18O2/c1-3-7-14(15)16-12(2)10-11-13-8-5-4-6-9-13/h4-6,8-12H,3,7H2,1-2H3/b11-10+/t12-/m1/s1. The van der Waals surface area contributed by atoms with Gasteiger partial charge >= 0.3 is 5.97 Å². The molecule has 1 aromatic rings. The molecule has 0 bridgehead atoms. The fourth-order valence-corrected chi connectivity index (χ4v) is 1.32. The summed E-state index contributed by atoms with van der Waals surface area (Å²) in [5, 5.41) is 0. The van der Waals surface area contributed by atoms with Crippen molar-refractivity contribution in [2.24, 2.45) is 0 Å². The molecule has 1 rings (SSSR count). The molecule has 0 spiro atoms. The van der Waals surface area contributed by atoms with Crippen molar-refractivity contribution in [2.45, 2.75) is 32.8 Å². The van der Waals surface area contributed by atoms with Crippen LogP contribution in [0.3, 0.4) is 0 Å². The molecule has 0 aliphatic rings. The number of benzene rings is 1. The summed E-state index contributed by atoms with van der Waals surface area (Å²) in [7, 11) is 0. The van der Waals surface area contributed by atoms with Gasteiger partial charge in [-0.05, 0) is 25.0 Å². The van der Waals surface area contributed by atoms with Crippen molar-refractivity contribution in [3.8, 4) is 0 Å². The van der Waals surface area contributed by atoms with Gasteiger partial charge in [-0.25, -0.2) is 0 Å². The molecule has 1 atom stereocenters. The monoisotopic (exact) mass is 218 g/mol. The second-order valence-corrected chi connectivity index (χ2v) is 3.71. The van der Waals surface area contributed by atoms with E-state index < -0.39 is 0 Å². The number of ether oxygens (including phenoxy) is 1. The molecule has 2 nitrogen and oxygen atoms in total. The highest BCUT2D eigenvalue weighted by atomic mass is 16.5.